The van der Waals surface area contributed by atoms with Crippen molar-refractivity contribution in [2.45, 2.75) is 6.54 Å². The zero-order chi connectivity index (χ0) is 16.0. The minimum absolute atomic E-state index is 0.0714. The monoisotopic (exact) mass is 325 g/mol. The molecule has 0 fully saturated rings. The SMILES string of the molecule is CN(C)Cc1nc2c(sc3ccc(-c4ccoc4)cc32)c(=O)[nH]1. The van der Waals surface area contributed by atoms with Crippen molar-refractivity contribution in [1.82, 2.24) is 14.9 Å². The van der Waals surface area contributed by atoms with E-state index in [0.717, 1.165) is 26.7 Å². The molecule has 23 heavy (non-hydrogen) atoms. The predicted octanol–water partition coefficient (Wildman–Crippen LogP) is 3.46. The lowest BCUT2D eigenvalue weighted by Gasteiger charge is -2.08. The van der Waals surface area contributed by atoms with Crippen LogP contribution in [0.1, 0.15) is 5.82 Å². The Labute approximate surface area is 136 Å². The van der Waals surface area contributed by atoms with Crippen LogP contribution in [0.3, 0.4) is 0 Å². The fourth-order valence-corrected chi connectivity index (χ4v) is 3.70. The van der Waals surface area contributed by atoms with Crippen LogP contribution in [0.5, 0.6) is 0 Å². The summed E-state index contributed by atoms with van der Waals surface area (Å²) in [6, 6.07) is 8.07. The van der Waals surface area contributed by atoms with Gasteiger partial charge in [0.2, 0.25) is 0 Å². The number of furan rings is 1. The van der Waals surface area contributed by atoms with Gasteiger partial charge in [-0.2, -0.15) is 0 Å². The first-order valence-corrected chi connectivity index (χ1v) is 8.06. The van der Waals surface area contributed by atoms with Crippen molar-refractivity contribution in [2.75, 3.05) is 14.1 Å². The third-order valence-electron chi connectivity index (χ3n) is 3.69. The number of aromatic nitrogens is 2. The maximum atomic E-state index is 12.3. The number of thiophene rings is 1. The second-order valence-electron chi connectivity index (χ2n) is 5.75. The lowest BCUT2D eigenvalue weighted by Crippen LogP contribution is -2.17. The van der Waals surface area contributed by atoms with E-state index in [-0.39, 0.29) is 5.56 Å². The van der Waals surface area contributed by atoms with E-state index >= 15 is 0 Å². The number of aromatic amines is 1. The van der Waals surface area contributed by atoms with Gasteiger partial charge in [-0.05, 0) is 37.9 Å². The number of hydrogen-bond acceptors (Lipinski definition) is 5. The summed E-state index contributed by atoms with van der Waals surface area (Å²) in [6.45, 7) is 0.601. The molecule has 4 rings (SSSR count). The fourth-order valence-electron chi connectivity index (χ4n) is 2.68. The molecule has 0 atom stereocenters. The van der Waals surface area contributed by atoms with Gasteiger partial charge in [0.25, 0.3) is 5.56 Å². The summed E-state index contributed by atoms with van der Waals surface area (Å²) in [7, 11) is 3.90. The van der Waals surface area contributed by atoms with Gasteiger partial charge in [0, 0.05) is 15.6 Å². The van der Waals surface area contributed by atoms with Crippen LogP contribution < -0.4 is 5.56 Å². The highest BCUT2D eigenvalue weighted by molar-refractivity contribution is 7.25. The van der Waals surface area contributed by atoms with E-state index in [1.807, 2.05) is 37.2 Å². The first kappa shape index (κ1) is 14.2. The van der Waals surface area contributed by atoms with Crippen LogP contribution in [-0.2, 0) is 6.54 Å². The van der Waals surface area contributed by atoms with Crippen molar-refractivity contribution in [3.63, 3.8) is 0 Å². The summed E-state index contributed by atoms with van der Waals surface area (Å²) in [5, 5.41) is 1.01. The summed E-state index contributed by atoms with van der Waals surface area (Å²) in [5.41, 5.74) is 2.78. The van der Waals surface area contributed by atoms with Crippen LogP contribution in [0, 0.1) is 0 Å². The van der Waals surface area contributed by atoms with Gasteiger partial charge in [0.15, 0.2) is 0 Å². The van der Waals surface area contributed by atoms with E-state index < -0.39 is 0 Å². The molecule has 1 N–H and O–H groups in total. The molecule has 0 amide bonds. The predicted molar refractivity (Wildman–Crippen MR) is 92.8 cm³/mol. The number of fused-ring (bicyclic) bond motifs is 3. The van der Waals surface area contributed by atoms with Crippen LogP contribution >= 0.6 is 11.3 Å². The van der Waals surface area contributed by atoms with Gasteiger partial charge >= 0.3 is 0 Å². The smallest absolute Gasteiger partial charge is 0.268 e. The number of benzene rings is 1. The summed E-state index contributed by atoms with van der Waals surface area (Å²) in [5.74, 6) is 0.681. The zero-order valence-corrected chi connectivity index (χ0v) is 13.6. The van der Waals surface area contributed by atoms with Gasteiger partial charge in [0.1, 0.15) is 10.5 Å². The Morgan fingerprint density at radius 2 is 2.13 bits per heavy atom. The van der Waals surface area contributed by atoms with Crippen molar-refractivity contribution in [3.8, 4) is 11.1 Å². The summed E-state index contributed by atoms with van der Waals surface area (Å²) < 4.78 is 6.89. The molecule has 0 unspecified atom stereocenters. The van der Waals surface area contributed by atoms with E-state index in [4.69, 9.17) is 4.42 Å². The molecule has 4 aromatic rings. The third kappa shape index (κ3) is 2.46. The molecule has 0 bridgehead atoms. The highest BCUT2D eigenvalue weighted by Crippen LogP contribution is 2.33. The largest absolute Gasteiger partial charge is 0.472 e. The summed E-state index contributed by atoms with van der Waals surface area (Å²) in [4.78, 5) is 21.9. The van der Waals surface area contributed by atoms with Gasteiger partial charge in [-0.1, -0.05) is 6.07 Å². The molecule has 0 saturated carbocycles. The Hall–Kier alpha value is -2.44. The number of nitrogens with one attached hydrogen (secondary N) is 1. The number of nitrogens with zero attached hydrogens (tertiary/aromatic N) is 2. The van der Waals surface area contributed by atoms with Crippen molar-refractivity contribution < 1.29 is 4.42 Å². The molecule has 6 heteroatoms. The lowest BCUT2D eigenvalue weighted by atomic mass is 10.1. The molecule has 116 valence electrons. The topological polar surface area (TPSA) is 62.1 Å². The number of rotatable bonds is 3. The van der Waals surface area contributed by atoms with Gasteiger partial charge in [0.05, 0.1) is 24.6 Å². The average molecular weight is 325 g/mol. The van der Waals surface area contributed by atoms with E-state index in [9.17, 15) is 4.79 Å². The highest BCUT2D eigenvalue weighted by Gasteiger charge is 2.13. The molecule has 0 aliphatic carbocycles. The van der Waals surface area contributed by atoms with Gasteiger partial charge < -0.3 is 14.3 Å². The van der Waals surface area contributed by atoms with E-state index in [1.165, 1.54) is 11.3 Å². The quantitative estimate of drug-likeness (QED) is 0.626. The number of H-pyrrole nitrogens is 1. The molecule has 0 radical (unpaired) electrons. The van der Waals surface area contributed by atoms with Crippen LogP contribution in [0.4, 0.5) is 0 Å². The van der Waals surface area contributed by atoms with Crippen molar-refractivity contribution in [1.29, 1.82) is 0 Å². The van der Waals surface area contributed by atoms with Crippen LogP contribution in [-0.4, -0.2) is 29.0 Å². The lowest BCUT2D eigenvalue weighted by molar-refractivity contribution is 0.390. The van der Waals surface area contributed by atoms with Crippen LogP contribution in [0.2, 0.25) is 0 Å². The fraction of sp³-hybridized carbons (Fsp3) is 0.176. The van der Waals surface area contributed by atoms with Gasteiger partial charge in [-0.15, -0.1) is 11.3 Å². The first-order valence-electron chi connectivity index (χ1n) is 7.24. The minimum Gasteiger partial charge on any atom is -0.472 e. The Morgan fingerprint density at radius 3 is 2.87 bits per heavy atom. The molecule has 3 aromatic heterocycles. The Kier molecular flexibility index (Phi) is 3.28. The molecule has 0 aliphatic heterocycles. The standard InChI is InChI=1S/C17H15N3O2S/c1-20(2)8-14-18-15-12-7-10(11-5-6-22-9-11)3-4-13(12)23-16(15)17(21)19-14/h3-7,9H,8H2,1-2H3,(H,18,19,21). The Morgan fingerprint density at radius 1 is 1.26 bits per heavy atom. The van der Waals surface area contributed by atoms with E-state index in [0.29, 0.717) is 17.1 Å². The van der Waals surface area contributed by atoms with Crippen molar-refractivity contribution in [3.05, 3.63) is 53.0 Å². The molecule has 5 nitrogen and oxygen atoms in total. The maximum Gasteiger partial charge on any atom is 0.268 e. The zero-order valence-electron chi connectivity index (χ0n) is 12.8. The second kappa shape index (κ2) is 5.33. The molecular weight excluding hydrogens is 310 g/mol. The molecule has 0 saturated heterocycles. The van der Waals surface area contributed by atoms with Crippen molar-refractivity contribution in [2.24, 2.45) is 0 Å². The first-order chi connectivity index (χ1) is 11.1. The van der Waals surface area contributed by atoms with E-state index in [1.54, 1.807) is 12.5 Å². The van der Waals surface area contributed by atoms with Crippen LogP contribution in [0.25, 0.3) is 31.4 Å². The van der Waals surface area contributed by atoms with Gasteiger partial charge in [-0.25, -0.2) is 4.98 Å². The maximum absolute atomic E-state index is 12.3. The summed E-state index contributed by atoms with van der Waals surface area (Å²) >= 11 is 1.48. The highest BCUT2D eigenvalue weighted by atomic mass is 32.1. The van der Waals surface area contributed by atoms with Crippen molar-refractivity contribution >= 4 is 31.6 Å². The molecule has 3 heterocycles. The molecule has 1 aromatic carbocycles. The Bertz CT molecular complexity index is 1050. The second-order valence-corrected chi connectivity index (χ2v) is 6.81. The van der Waals surface area contributed by atoms with Gasteiger partial charge in [-0.3, -0.25) is 4.79 Å². The van der Waals surface area contributed by atoms with E-state index in [2.05, 4.69) is 16.0 Å². The molecule has 0 aliphatic rings. The summed E-state index contributed by atoms with van der Waals surface area (Å²) in [6.07, 6.45) is 3.37. The average Bonchev–Trinajstić information content (AvgIpc) is 3.14. The third-order valence-corrected chi connectivity index (χ3v) is 4.85. The number of hydrogen-bond donors (Lipinski definition) is 1. The normalized spacial score (nSPS) is 11.8. The molecular formula is C17H15N3O2S. The van der Waals surface area contributed by atoms with Crippen LogP contribution in [0.15, 0.2) is 46.0 Å². The minimum atomic E-state index is -0.0714. The Balaban J connectivity index is 1.98. The molecule has 0 spiro atoms.